The second kappa shape index (κ2) is 5.86. The van der Waals surface area contributed by atoms with Crippen molar-refractivity contribution in [2.75, 3.05) is 0 Å². The molecule has 114 valence electrons. The molecular formula is C18H19BrN2O. The Morgan fingerprint density at radius 3 is 2.50 bits per heavy atom. The molecule has 0 amide bonds. The molecule has 3 nitrogen and oxygen atoms in total. The second-order valence-electron chi connectivity index (χ2n) is 5.88. The largest absolute Gasteiger partial charge is 0.390 e. The van der Waals surface area contributed by atoms with Crippen LogP contribution in [-0.2, 0) is 6.61 Å². The molecule has 1 aromatic carbocycles. The van der Waals surface area contributed by atoms with Gasteiger partial charge in [0.15, 0.2) is 0 Å². The van der Waals surface area contributed by atoms with Crippen molar-refractivity contribution in [3.63, 3.8) is 0 Å². The lowest BCUT2D eigenvalue weighted by Gasteiger charge is -2.07. The Bertz CT molecular complexity index is 819. The fraction of sp³-hybridized carbons (Fsp3) is 0.278. The molecule has 0 radical (unpaired) electrons. The molecule has 3 aromatic rings. The number of rotatable bonds is 3. The number of hydrogen-bond donors (Lipinski definition) is 1. The Hall–Kier alpha value is -1.65. The van der Waals surface area contributed by atoms with Gasteiger partial charge in [-0.25, -0.2) is 4.98 Å². The summed E-state index contributed by atoms with van der Waals surface area (Å²) in [5.41, 5.74) is 5.96. The van der Waals surface area contributed by atoms with Gasteiger partial charge in [0, 0.05) is 16.2 Å². The third kappa shape index (κ3) is 2.57. The normalized spacial score (nSPS) is 11.5. The zero-order chi connectivity index (χ0) is 15.9. The van der Waals surface area contributed by atoms with E-state index in [-0.39, 0.29) is 6.61 Å². The first-order valence-electron chi connectivity index (χ1n) is 7.39. The highest BCUT2D eigenvalue weighted by Gasteiger charge is 2.15. The van der Waals surface area contributed by atoms with Crippen molar-refractivity contribution in [3.05, 3.63) is 57.8 Å². The monoisotopic (exact) mass is 358 g/mol. The smallest absolute Gasteiger partial charge is 0.140 e. The van der Waals surface area contributed by atoms with Crippen LogP contribution in [0, 0.1) is 6.92 Å². The van der Waals surface area contributed by atoms with Crippen LogP contribution in [0.3, 0.4) is 0 Å². The van der Waals surface area contributed by atoms with Gasteiger partial charge < -0.3 is 5.11 Å². The molecule has 0 saturated carbocycles. The minimum Gasteiger partial charge on any atom is -0.390 e. The number of aromatic nitrogens is 2. The summed E-state index contributed by atoms with van der Waals surface area (Å²) >= 11 is 3.51. The van der Waals surface area contributed by atoms with Gasteiger partial charge in [-0.2, -0.15) is 0 Å². The van der Waals surface area contributed by atoms with E-state index in [9.17, 15) is 5.11 Å². The Labute approximate surface area is 138 Å². The van der Waals surface area contributed by atoms with Gasteiger partial charge in [0.2, 0.25) is 0 Å². The van der Waals surface area contributed by atoms with Crippen LogP contribution in [0.25, 0.3) is 16.9 Å². The van der Waals surface area contributed by atoms with Crippen molar-refractivity contribution < 1.29 is 5.11 Å². The maximum Gasteiger partial charge on any atom is 0.140 e. The first-order chi connectivity index (χ1) is 10.5. The summed E-state index contributed by atoms with van der Waals surface area (Å²) in [7, 11) is 0. The van der Waals surface area contributed by atoms with E-state index in [0.717, 1.165) is 32.6 Å². The molecule has 4 heteroatoms. The van der Waals surface area contributed by atoms with Crippen molar-refractivity contribution in [3.8, 4) is 11.3 Å². The molecule has 0 saturated heterocycles. The minimum absolute atomic E-state index is 0.0433. The first kappa shape index (κ1) is 15.3. The third-order valence-electron chi connectivity index (χ3n) is 3.97. The molecule has 2 aromatic heterocycles. The van der Waals surface area contributed by atoms with Crippen LogP contribution in [-0.4, -0.2) is 14.5 Å². The summed E-state index contributed by atoms with van der Waals surface area (Å²) in [6.07, 6.45) is 1.95. The molecule has 0 atom stereocenters. The van der Waals surface area contributed by atoms with Gasteiger partial charge in [0.05, 0.1) is 18.0 Å². The van der Waals surface area contributed by atoms with Gasteiger partial charge >= 0.3 is 0 Å². The van der Waals surface area contributed by atoms with Gasteiger partial charge in [-0.3, -0.25) is 4.40 Å². The van der Waals surface area contributed by atoms with Crippen LogP contribution >= 0.6 is 15.9 Å². The van der Waals surface area contributed by atoms with Crippen LogP contribution in [0.2, 0.25) is 0 Å². The fourth-order valence-corrected chi connectivity index (χ4v) is 3.27. The summed E-state index contributed by atoms with van der Waals surface area (Å²) in [4.78, 5) is 4.75. The summed E-state index contributed by atoms with van der Waals surface area (Å²) in [6, 6.07) is 10.5. The van der Waals surface area contributed by atoms with E-state index in [1.807, 2.05) is 23.6 Å². The Kier molecular flexibility index (Phi) is 4.06. The number of nitrogens with zero attached hydrogens (tertiary/aromatic N) is 2. The number of hydrogen-bond acceptors (Lipinski definition) is 2. The molecule has 0 bridgehead atoms. The van der Waals surface area contributed by atoms with Gasteiger partial charge in [0.25, 0.3) is 0 Å². The van der Waals surface area contributed by atoms with Gasteiger partial charge in [-0.1, -0.05) is 38.1 Å². The van der Waals surface area contributed by atoms with Crippen molar-refractivity contribution >= 4 is 21.6 Å². The molecular weight excluding hydrogens is 340 g/mol. The lowest BCUT2D eigenvalue weighted by Crippen LogP contribution is -1.95. The molecule has 2 heterocycles. The lowest BCUT2D eigenvalue weighted by molar-refractivity contribution is 0.276. The third-order valence-corrected chi connectivity index (χ3v) is 4.40. The Morgan fingerprint density at radius 1 is 1.23 bits per heavy atom. The predicted molar refractivity (Wildman–Crippen MR) is 93.1 cm³/mol. The van der Waals surface area contributed by atoms with E-state index in [4.69, 9.17) is 4.98 Å². The Morgan fingerprint density at radius 2 is 1.91 bits per heavy atom. The first-order valence-corrected chi connectivity index (χ1v) is 8.19. The lowest BCUT2D eigenvalue weighted by atomic mass is 10.0. The predicted octanol–water partition coefficient (Wildman–Crippen LogP) is 4.69. The number of aryl methyl sites for hydroxylation is 1. The fourth-order valence-electron chi connectivity index (χ4n) is 2.72. The highest BCUT2D eigenvalue weighted by atomic mass is 79.9. The van der Waals surface area contributed by atoms with E-state index in [2.05, 4.69) is 54.0 Å². The summed E-state index contributed by atoms with van der Waals surface area (Å²) in [6.45, 7) is 6.35. The molecule has 3 rings (SSSR count). The van der Waals surface area contributed by atoms with E-state index in [1.165, 1.54) is 5.56 Å². The molecule has 1 N–H and O–H groups in total. The number of pyridine rings is 1. The maximum atomic E-state index is 9.82. The molecule has 0 aliphatic rings. The SMILES string of the molecule is Cc1cc(Br)cn2c(CO)c(-c3ccc(C(C)C)cc3)nc12. The van der Waals surface area contributed by atoms with Crippen molar-refractivity contribution in [2.24, 2.45) is 0 Å². The summed E-state index contributed by atoms with van der Waals surface area (Å²) in [5, 5.41) is 9.82. The summed E-state index contributed by atoms with van der Waals surface area (Å²) in [5.74, 6) is 0.505. The van der Waals surface area contributed by atoms with Crippen LogP contribution < -0.4 is 0 Å². The molecule has 0 fully saturated rings. The van der Waals surface area contributed by atoms with E-state index in [0.29, 0.717) is 5.92 Å². The van der Waals surface area contributed by atoms with Crippen LogP contribution in [0.5, 0.6) is 0 Å². The topological polar surface area (TPSA) is 37.5 Å². The second-order valence-corrected chi connectivity index (χ2v) is 6.79. The number of aliphatic hydroxyl groups is 1. The number of imidazole rings is 1. The van der Waals surface area contributed by atoms with Crippen LogP contribution in [0.1, 0.15) is 36.6 Å². The van der Waals surface area contributed by atoms with Crippen molar-refractivity contribution in [2.45, 2.75) is 33.3 Å². The van der Waals surface area contributed by atoms with Gasteiger partial charge in [-0.15, -0.1) is 0 Å². The highest BCUT2D eigenvalue weighted by Crippen LogP contribution is 2.28. The average molecular weight is 359 g/mol. The molecule has 0 spiro atoms. The molecule has 0 aliphatic heterocycles. The number of halogens is 1. The van der Waals surface area contributed by atoms with E-state index >= 15 is 0 Å². The zero-order valence-corrected chi connectivity index (χ0v) is 14.6. The van der Waals surface area contributed by atoms with Crippen LogP contribution in [0.15, 0.2) is 41.0 Å². The zero-order valence-electron chi connectivity index (χ0n) is 13.0. The minimum atomic E-state index is -0.0433. The quantitative estimate of drug-likeness (QED) is 0.737. The summed E-state index contributed by atoms with van der Waals surface area (Å²) < 4.78 is 2.94. The average Bonchev–Trinajstić information content (AvgIpc) is 2.86. The van der Waals surface area contributed by atoms with Crippen molar-refractivity contribution in [1.29, 1.82) is 0 Å². The van der Waals surface area contributed by atoms with Gasteiger partial charge in [-0.05, 0) is 46.0 Å². The molecule has 0 unspecified atom stereocenters. The number of fused-ring (bicyclic) bond motifs is 1. The maximum absolute atomic E-state index is 9.82. The molecule has 0 aliphatic carbocycles. The standard InChI is InChI=1S/C18H19BrN2O/c1-11(2)13-4-6-14(7-5-13)17-16(10-22)21-9-15(19)8-12(3)18(21)20-17/h4-9,11,22H,10H2,1-3H3. The number of benzene rings is 1. The van der Waals surface area contributed by atoms with E-state index in [1.54, 1.807) is 0 Å². The van der Waals surface area contributed by atoms with E-state index < -0.39 is 0 Å². The Balaban J connectivity index is 2.20. The van der Waals surface area contributed by atoms with Gasteiger partial charge in [0.1, 0.15) is 5.65 Å². The van der Waals surface area contributed by atoms with Crippen LogP contribution in [0.4, 0.5) is 0 Å². The highest BCUT2D eigenvalue weighted by molar-refractivity contribution is 9.10. The molecule has 22 heavy (non-hydrogen) atoms. The number of aliphatic hydroxyl groups excluding tert-OH is 1. The van der Waals surface area contributed by atoms with Crippen molar-refractivity contribution in [1.82, 2.24) is 9.38 Å².